The zero-order valence-corrected chi connectivity index (χ0v) is 10.4. The molecule has 0 aromatic heterocycles. The highest BCUT2D eigenvalue weighted by Crippen LogP contribution is 2.43. The highest BCUT2D eigenvalue weighted by atomic mass is 16.5. The lowest BCUT2D eigenvalue weighted by atomic mass is 9.77. The van der Waals surface area contributed by atoms with Crippen molar-refractivity contribution in [2.24, 2.45) is 17.1 Å². The van der Waals surface area contributed by atoms with E-state index in [0.29, 0.717) is 12.3 Å². The van der Waals surface area contributed by atoms with Gasteiger partial charge in [0.2, 0.25) is 0 Å². The van der Waals surface area contributed by atoms with Crippen molar-refractivity contribution in [2.45, 2.75) is 51.0 Å². The molecule has 2 atom stereocenters. The van der Waals surface area contributed by atoms with Crippen LogP contribution in [0.1, 0.15) is 44.9 Å². The molecule has 2 unspecified atom stereocenters. The summed E-state index contributed by atoms with van der Waals surface area (Å²) >= 11 is 0. The van der Waals surface area contributed by atoms with Crippen LogP contribution in [-0.4, -0.2) is 30.3 Å². The molecule has 0 aromatic carbocycles. The van der Waals surface area contributed by atoms with Crippen LogP contribution in [0.5, 0.6) is 0 Å². The fraction of sp³-hybridized carbons (Fsp3) is 0.923. The van der Waals surface area contributed by atoms with Gasteiger partial charge in [-0.25, -0.2) is 0 Å². The number of carboxylic acids is 1. The Bertz CT molecular complexity index is 272. The minimum Gasteiger partial charge on any atom is -0.481 e. The minimum atomic E-state index is -0.718. The first-order chi connectivity index (χ1) is 8.16. The predicted octanol–water partition coefficient (Wildman–Crippen LogP) is 1.78. The summed E-state index contributed by atoms with van der Waals surface area (Å²) in [5.41, 5.74) is 5.05. The number of hydrogen-bond acceptors (Lipinski definition) is 3. The van der Waals surface area contributed by atoms with Gasteiger partial charge in [-0.2, -0.15) is 0 Å². The van der Waals surface area contributed by atoms with Crippen molar-refractivity contribution in [3.63, 3.8) is 0 Å². The second-order valence-corrected chi connectivity index (χ2v) is 5.61. The SMILES string of the molecule is NCC(CCC1CCCO1)(CC1CC1)C(=O)O. The first-order valence-corrected chi connectivity index (χ1v) is 6.71. The molecule has 0 amide bonds. The van der Waals surface area contributed by atoms with Crippen LogP contribution >= 0.6 is 0 Å². The molecule has 2 fully saturated rings. The standard InChI is InChI=1S/C13H23NO3/c14-9-13(12(15)16,8-10-3-4-10)6-5-11-2-1-7-17-11/h10-11H,1-9,14H2,(H,15,16). The molecular weight excluding hydrogens is 218 g/mol. The maximum Gasteiger partial charge on any atom is 0.310 e. The van der Waals surface area contributed by atoms with Gasteiger partial charge < -0.3 is 15.6 Å². The third kappa shape index (κ3) is 3.19. The van der Waals surface area contributed by atoms with Crippen molar-refractivity contribution >= 4 is 5.97 Å². The van der Waals surface area contributed by atoms with Gasteiger partial charge in [-0.15, -0.1) is 0 Å². The number of ether oxygens (including phenoxy) is 1. The zero-order valence-electron chi connectivity index (χ0n) is 10.4. The van der Waals surface area contributed by atoms with E-state index >= 15 is 0 Å². The highest BCUT2D eigenvalue weighted by molar-refractivity contribution is 5.75. The van der Waals surface area contributed by atoms with E-state index in [1.807, 2.05) is 0 Å². The summed E-state index contributed by atoms with van der Waals surface area (Å²) in [6.07, 6.45) is 7.06. The fourth-order valence-corrected chi connectivity index (χ4v) is 2.75. The fourth-order valence-electron chi connectivity index (χ4n) is 2.75. The molecule has 17 heavy (non-hydrogen) atoms. The Morgan fingerprint density at radius 1 is 1.41 bits per heavy atom. The lowest BCUT2D eigenvalue weighted by molar-refractivity contribution is -0.150. The van der Waals surface area contributed by atoms with E-state index < -0.39 is 11.4 Å². The average Bonchev–Trinajstić information content (AvgIpc) is 2.96. The van der Waals surface area contributed by atoms with Crippen molar-refractivity contribution in [2.75, 3.05) is 13.2 Å². The number of carbonyl (C=O) groups is 1. The Labute approximate surface area is 103 Å². The lowest BCUT2D eigenvalue weighted by Gasteiger charge is -2.29. The number of hydrogen-bond donors (Lipinski definition) is 2. The molecule has 98 valence electrons. The van der Waals surface area contributed by atoms with E-state index in [-0.39, 0.29) is 12.6 Å². The molecular formula is C13H23NO3. The summed E-state index contributed by atoms with van der Waals surface area (Å²) in [5.74, 6) is -0.121. The predicted molar refractivity (Wildman–Crippen MR) is 64.7 cm³/mol. The summed E-state index contributed by atoms with van der Waals surface area (Å²) in [6.45, 7) is 1.08. The molecule has 0 aromatic rings. The van der Waals surface area contributed by atoms with E-state index in [2.05, 4.69) is 0 Å². The molecule has 1 saturated carbocycles. The maximum absolute atomic E-state index is 11.5. The summed E-state index contributed by atoms with van der Waals surface area (Å²) in [6, 6.07) is 0. The molecule has 0 radical (unpaired) electrons. The molecule has 0 bridgehead atoms. The third-order valence-electron chi connectivity index (χ3n) is 4.19. The van der Waals surface area contributed by atoms with Gasteiger partial charge in [0, 0.05) is 13.2 Å². The highest BCUT2D eigenvalue weighted by Gasteiger charge is 2.42. The van der Waals surface area contributed by atoms with E-state index in [1.165, 1.54) is 12.8 Å². The van der Waals surface area contributed by atoms with Gasteiger partial charge >= 0.3 is 5.97 Å². The van der Waals surface area contributed by atoms with Crippen molar-refractivity contribution in [1.29, 1.82) is 0 Å². The molecule has 1 aliphatic carbocycles. The Kier molecular flexibility index (Phi) is 4.05. The van der Waals surface area contributed by atoms with Crippen molar-refractivity contribution in [1.82, 2.24) is 0 Å². The van der Waals surface area contributed by atoms with E-state index in [9.17, 15) is 9.90 Å². The topological polar surface area (TPSA) is 72.5 Å². The Morgan fingerprint density at radius 3 is 2.65 bits per heavy atom. The number of carboxylic acid groups (broad SMARTS) is 1. The Hall–Kier alpha value is -0.610. The average molecular weight is 241 g/mol. The molecule has 1 aliphatic heterocycles. The van der Waals surface area contributed by atoms with Crippen LogP contribution in [0.15, 0.2) is 0 Å². The van der Waals surface area contributed by atoms with Crippen molar-refractivity contribution in [3.05, 3.63) is 0 Å². The zero-order chi connectivity index (χ0) is 12.3. The Morgan fingerprint density at radius 2 is 2.18 bits per heavy atom. The molecule has 1 saturated heterocycles. The van der Waals surface area contributed by atoms with Gasteiger partial charge in [-0.3, -0.25) is 4.79 Å². The van der Waals surface area contributed by atoms with Gasteiger partial charge in [0.15, 0.2) is 0 Å². The van der Waals surface area contributed by atoms with Gasteiger partial charge in [-0.05, 0) is 38.0 Å². The van der Waals surface area contributed by atoms with E-state index in [1.54, 1.807) is 0 Å². The molecule has 2 rings (SSSR count). The molecule has 1 heterocycles. The summed E-state index contributed by atoms with van der Waals surface area (Å²) in [7, 11) is 0. The maximum atomic E-state index is 11.5. The van der Waals surface area contributed by atoms with E-state index in [0.717, 1.165) is 32.3 Å². The smallest absolute Gasteiger partial charge is 0.310 e. The van der Waals surface area contributed by atoms with E-state index in [4.69, 9.17) is 10.5 Å². The second-order valence-electron chi connectivity index (χ2n) is 5.61. The first kappa shape index (κ1) is 12.8. The third-order valence-corrected chi connectivity index (χ3v) is 4.19. The summed E-state index contributed by atoms with van der Waals surface area (Å²) in [5, 5.41) is 9.45. The largest absolute Gasteiger partial charge is 0.481 e. The van der Waals surface area contributed by atoms with Crippen LogP contribution in [0, 0.1) is 11.3 Å². The van der Waals surface area contributed by atoms with Gasteiger partial charge in [-0.1, -0.05) is 12.8 Å². The molecule has 4 nitrogen and oxygen atoms in total. The normalized spacial score (nSPS) is 27.9. The summed E-state index contributed by atoms with van der Waals surface area (Å²) < 4.78 is 5.56. The number of rotatable bonds is 7. The minimum absolute atomic E-state index is 0.256. The van der Waals surface area contributed by atoms with Gasteiger partial charge in [0.05, 0.1) is 11.5 Å². The van der Waals surface area contributed by atoms with Crippen molar-refractivity contribution in [3.8, 4) is 0 Å². The molecule has 4 heteroatoms. The number of aliphatic carboxylic acids is 1. The van der Waals surface area contributed by atoms with Crippen LogP contribution in [0.4, 0.5) is 0 Å². The number of nitrogens with two attached hydrogens (primary N) is 1. The molecule has 0 spiro atoms. The van der Waals surface area contributed by atoms with Crippen molar-refractivity contribution < 1.29 is 14.6 Å². The second kappa shape index (κ2) is 5.36. The van der Waals surface area contributed by atoms with Crippen LogP contribution in [0.2, 0.25) is 0 Å². The Balaban J connectivity index is 1.90. The summed E-state index contributed by atoms with van der Waals surface area (Å²) in [4.78, 5) is 11.5. The van der Waals surface area contributed by atoms with Gasteiger partial charge in [0.1, 0.15) is 0 Å². The van der Waals surface area contributed by atoms with Crippen LogP contribution < -0.4 is 5.73 Å². The quantitative estimate of drug-likeness (QED) is 0.712. The first-order valence-electron chi connectivity index (χ1n) is 6.71. The van der Waals surface area contributed by atoms with Crippen LogP contribution in [0.3, 0.4) is 0 Å². The van der Waals surface area contributed by atoms with Crippen LogP contribution in [0.25, 0.3) is 0 Å². The monoisotopic (exact) mass is 241 g/mol. The molecule has 2 aliphatic rings. The lowest BCUT2D eigenvalue weighted by Crippen LogP contribution is -2.39. The van der Waals surface area contributed by atoms with Gasteiger partial charge in [0.25, 0.3) is 0 Å². The van der Waals surface area contributed by atoms with Crippen LogP contribution in [-0.2, 0) is 9.53 Å². The molecule has 3 N–H and O–H groups in total.